The van der Waals surface area contributed by atoms with Crippen molar-refractivity contribution in [2.45, 2.75) is 134 Å². The van der Waals surface area contributed by atoms with Gasteiger partial charge in [0.15, 0.2) is 0 Å². The zero-order valence-corrected chi connectivity index (χ0v) is 36.9. The van der Waals surface area contributed by atoms with Crippen LogP contribution in [-0.2, 0) is 0 Å². The van der Waals surface area contributed by atoms with Crippen molar-refractivity contribution in [3.8, 4) is 0 Å². The van der Waals surface area contributed by atoms with E-state index < -0.39 is 0 Å². The zero-order chi connectivity index (χ0) is 39.9. The van der Waals surface area contributed by atoms with Crippen LogP contribution in [0.3, 0.4) is 0 Å². The van der Waals surface area contributed by atoms with E-state index in [1.54, 1.807) is 6.08 Å². The molecule has 2 aromatic carbocycles. The van der Waals surface area contributed by atoms with E-state index in [-0.39, 0.29) is 0 Å². The van der Waals surface area contributed by atoms with Gasteiger partial charge in [-0.1, -0.05) is 148 Å². The Morgan fingerprint density at radius 1 is 0.820 bits per heavy atom. The van der Waals surface area contributed by atoms with E-state index in [2.05, 4.69) is 125 Å². The van der Waals surface area contributed by atoms with Crippen molar-refractivity contribution >= 4 is 11.6 Å². The van der Waals surface area contributed by atoms with Crippen LogP contribution in [0, 0.1) is 6.92 Å². The number of allylic oxidation sites excluding steroid dienone is 1. The number of piperidine rings is 1. The molecule has 3 rings (SSSR count). The quantitative estimate of drug-likeness (QED) is 0.203. The lowest BCUT2D eigenvalue weighted by molar-refractivity contribution is 0.140. The summed E-state index contributed by atoms with van der Waals surface area (Å²) in [7, 11) is 4.38. The van der Waals surface area contributed by atoms with Crippen LogP contribution in [0.4, 0.5) is 0 Å². The summed E-state index contributed by atoms with van der Waals surface area (Å²) < 4.78 is 0. The van der Waals surface area contributed by atoms with Crippen LogP contribution in [-0.4, -0.2) is 74.1 Å². The third kappa shape index (κ3) is 29.5. The Kier molecular flexibility index (Phi) is 49.2. The molecule has 50 heavy (non-hydrogen) atoms. The summed E-state index contributed by atoms with van der Waals surface area (Å²) in [6.07, 6.45) is 8.96. The highest BCUT2D eigenvalue weighted by Crippen LogP contribution is 2.22. The van der Waals surface area contributed by atoms with Crippen LogP contribution in [0.2, 0.25) is 5.02 Å². The maximum Gasteiger partial charge on any atom is 0.0406 e. The molecule has 2 unspecified atom stereocenters. The fourth-order valence-corrected chi connectivity index (χ4v) is 5.20. The van der Waals surface area contributed by atoms with E-state index in [9.17, 15) is 0 Å². The lowest BCUT2D eigenvalue weighted by Crippen LogP contribution is -2.43. The Bertz CT molecular complexity index is 931. The number of halogens is 1. The molecule has 0 aliphatic carbocycles. The third-order valence-corrected chi connectivity index (χ3v) is 8.03. The van der Waals surface area contributed by atoms with Gasteiger partial charge in [0.1, 0.15) is 0 Å². The molecule has 3 nitrogen and oxygen atoms in total. The van der Waals surface area contributed by atoms with Crippen molar-refractivity contribution in [1.82, 2.24) is 14.7 Å². The fraction of sp³-hybridized carbons (Fsp3) is 0.609. The second kappa shape index (κ2) is 43.0. The lowest BCUT2D eigenvalue weighted by atomic mass is 9.97. The van der Waals surface area contributed by atoms with Gasteiger partial charge in [-0.3, -0.25) is 0 Å². The first-order valence-electron chi connectivity index (χ1n) is 19.8. The monoisotopic (exact) mass is 716 g/mol. The molecule has 2 aromatic rings. The van der Waals surface area contributed by atoms with Crippen LogP contribution in [0.15, 0.2) is 87.0 Å². The predicted octanol–water partition coefficient (Wildman–Crippen LogP) is 14.0. The van der Waals surface area contributed by atoms with Crippen molar-refractivity contribution in [2.24, 2.45) is 0 Å². The summed E-state index contributed by atoms with van der Waals surface area (Å²) in [6, 6.07) is 17.9. The van der Waals surface area contributed by atoms with Gasteiger partial charge in [0.25, 0.3) is 0 Å². The maximum atomic E-state index is 5.94. The summed E-state index contributed by atoms with van der Waals surface area (Å²) in [5.74, 6) is 1.02. The molecule has 0 amide bonds. The predicted molar refractivity (Wildman–Crippen MR) is 237 cm³/mol. The van der Waals surface area contributed by atoms with Crippen molar-refractivity contribution < 1.29 is 0 Å². The van der Waals surface area contributed by atoms with Crippen LogP contribution < -0.4 is 0 Å². The summed E-state index contributed by atoms with van der Waals surface area (Å²) in [5.41, 5.74) is 4.09. The molecule has 1 saturated heterocycles. The number of hydrogen-bond donors (Lipinski definition) is 0. The first-order chi connectivity index (χ1) is 24.2. The molecule has 0 bridgehead atoms. The topological polar surface area (TPSA) is 9.72 Å². The Hall–Kier alpha value is -2.17. The largest absolute Gasteiger partial charge is 0.306 e. The second-order valence-electron chi connectivity index (χ2n) is 11.4. The normalized spacial score (nSPS) is 12.9. The number of nitrogens with zero attached hydrogens (tertiary/aromatic N) is 3. The Balaban J connectivity index is -0.000000203. The van der Waals surface area contributed by atoms with Gasteiger partial charge < -0.3 is 14.7 Å². The molecule has 1 fully saturated rings. The van der Waals surface area contributed by atoms with Crippen molar-refractivity contribution in [1.29, 1.82) is 0 Å². The Morgan fingerprint density at radius 3 is 1.64 bits per heavy atom. The maximum absolute atomic E-state index is 5.94. The van der Waals surface area contributed by atoms with E-state index in [0.29, 0.717) is 11.8 Å². The van der Waals surface area contributed by atoms with E-state index >= 15 is 0 Å². The van der Waals surface area contributed by atoms with Crippen LogP contribution in [0.25, 0.3) is 0 Å². The first kappa shape index (κ1) is 57.2. The molecule has 4 heteroatoms. The molecule has 1 aliphatic heterocycles. The van der Waals surface area contributed by atoms with Gasteiger partial charge in [-0.25, -0.2) is 0 Å². The Labute approximate surface area is 320 Å². The van der Waals surface area contributed by atoms with Crippen LogP contribution >= 0.6 is 11.6 Å². The van der Waals surface area contributed by atoms with Crippen molar-refractivity contribution in [3.63, 3.8) is 0 Å². The lowest BCUT2D eigenvalue weighted by Gasteiger charge is -2.36. The van der Waals surface area contributed by atoms with Crippen LogP contribution in [0.1, 0.15) is 137 Å². The van der Waals surface area contributed by atoms with Crippen molar-refractivity contribution in [3.05, 3.63) is 109 Å². The van der Waals surface area contributed by atoms with Gasteiger partial charge in [-0.15, -0.1) is 26.3 Å². The van der Waals surface area contributed by atoms with Gasteiger partial charge >= 0.3 is 0 Å². The number of rotatable bonds is 12. The smallest absolute Gasteiger partial charge is 0.0406 e. The second-order valence-corrected chi connectivity index (χ2v) is 11.8. The highest BCUT2D eigenvalue weighted by Gasteiger charge is 2.22. The average molecular weight is 717 g/mol. The molecule has 1 aliphatic rings. The molecule has 0 aromatic heterocycles. The Morgan fingerprint density at radius 2 is 1.26 bits per heavy atom. The number of hydrogen-bond acceptors (Lipinski definition) is 3. The van der Waals surface area contributed by atoms with E-state index in [0.717, 1.165) is 30.7 Å². The minimum Gasteiger partial charge on any atom is -0.306 e. The van der Waals surface area contributed by atoms with Gasteiger partial charge in [0.2, 0.25) is 0 Å². The molecule has 0 spiro atoms. The molecule has 0 N–H and O–H groups in total. The van der Waals surface area contributed by atoms with Gasteiger partial charge in [0.05, 0.1) is 0 Å². The highest BCUT2D eigenvalue weighted by atomic mass is 35.5. The molecule has 292 valence electrons. The number of aryl methyl sites for hydroxylation is 1. The average Bonchev–Trinajstić information content (AvgIpc) is 3.17. The molecule has 2 atom stereocenters. The van der Waals surface area contributed by atoms with Gasteiger partial charge in [-0.2, -0.15) is 0 Å². The molecule has 0 saturated carbocycles. The summed E-state index contributed by atoms with van der Waals surface area (Å²) >= 11 is 5.94. The summed E-state index contributed by atoms with van der Waals surface area (Å²) in [6.45, 7) is 47.2. The zero-order valence-electron chi connectivity index (χ0n) is 36.1. The molecular formula is C46H86ClN3. The van der Waals surface area contributed by atoms with E-state index in [1.807, 2.05) is 74.4 Å². The minimum absolute atomic E-state index is 0.447. The number of likely N-dealkylation sites (N-methyl/N-ethyl adjacent to an activating group) is 1. The molecule has 0 radical (unpaired) electrons. The van der Waals surface area contributed by atoms with E-state index in [4.69, 9.17) is 11.6 Å². The van der Waals surface area contributed by atoms with Crippen molar-refractivity contribution in [2.75, 3.05) is 53.4 Å². The number of benzene rings is 2. The molecular weight excluding hydrogens is 630 g/mol. The summed E-state index contributed by atoms with van der Waals surface area (Å²) in [4.78, 5) is 7.48. The third-order valence-electron chi connectivity index (χ3n) is 7.78. The standard InChI is InChI=1S/C17H27N.C16H25ClN2.C3H6.4C2H6.C2H4/c1-5-8-13-18(7-3)14-16(6-2)17-11-9-15(4)10-12-17;1-13(14-4-6-15(17)7-5-14)12-19-10-8-16(9-11-19)18(2)3;1-3-2;5*1-2/h6,9-12,16H,2,5,7-8,13-14H2,1,3-4H3;4-7,13,16H,8-12H2,1-3H3;3H,1H2,2H3;4*1-2H3;1-2H2. The fourth-order valence-electron chi connectivity index (χ4n) is 5.07. The number of likely N-dealkylation sites (tertiary alicyclic amines) is 1. The van der Waals surface area contributed by atoms with Gasteiger partial charge in [-0.05, 0) is 103 Å². The van der Waals surface area contributed by atoms with Gasteiger partial charge in [0, 0.05) is 30.1 Å². The van der Waals surface area contributed by atoms with E-state index in [1.165, 1.54) is 62.0 Å². The first-order valence-corrected chi connectivity index (χ1v) is 20.2. The van der Waals surface area contributed by atoms with Crippen LogP contribution in [0.5, 0.6) is 0 Å². The molecule has 1 heterocycles. The summed E-state index contributed by atoms with van der Waals surface area (Å²) in [5, 5.41) is 0.822. The number of unbranched alkanes of at least 4 members (excludes halogenated alkanes) is 1. The minimum atomic E-state index is 0.447. The SMILES string of the molecule is C=C.C=CC.C=CC(CN(CC)CCCC)c1ccc(C)cc1.CC.CC.CC.CC.CC(CN1CCC(N(C)C)CC1)c1ccc(Cl)cc1. The highest BCUT2D eigenvalue weighted by molar-refractivity contribution is 6.30.